The first kappa shape index (κ1) is 22.9. The van der Waals surface area contributed by atoms with E-state index < -0.39 is 84.3 Å². The van der Waals surface area contributed by atoms with Crippen molar-refractivity contribution in [2.45, 2.75) is 49.0 Å². The van der Waals surface area contributed by atoms with E-state index in [1.165, 1.54) is 0 Å². The molecule has 162 valence electrons. The number of carboxylic acid groups (broad SMARTS) is 1. The van der Waals surface area contributed by atoms with Crippen LogP contribution in [0.2, 0.25) is 0 Å². The summed E-state index contributed by atoms with van der Waals surface area (Å²) >= 11 is 0. The second-order valence-corrected chi connectivity index (χ2v) is 7.13. The summed E-state index contributed by atoms with van der Waals surface area (Å²) in [4.78, 5) is 11.0. The molecule has 1 fully saturated rings. The van der Waals surface area contributed by atoms with E-state index in [-0.39, 0.29) is 0 Å². The summed E-state index contributed by atoms with van der Waals surface area (Å²) in [6.45, 7) is -1.46. The highest BCUT2D eigenvalue weighted by Gasteiger charge is 2.48. The van der Waals surface area contributed by atoms with Crippen molar-refractivity contribution < 1.29 is 61.7 Å². The van der Waals surface area contributed by atoms with Crippen molar-refractivity contribution in [3.63, 3.8) is 0 Å². The van der Waals surface area contributed by atoms with Gasteiger partial charge in [-0.25, -0.2) is 8.98 Å². The van der Waals surface area contributed by atoms with E-state index in [0.717, 1.165) is 6.08 Å². The summed E-state index contributed by atoms with van der Waals surface area (Å²) in [6, 6.07) is -1.42. The number of aliphatic hydroxyl groups excluding tert-OH is 4. The average molecular weight is 431 g/mol. The molecule has 0 spiro atoms. The zero-order chi connectivity index (χ0) is 21.2. The third kappa shape index (κ3) is 5.35. The number of aliphatic hydroxyl groups is 4. The molecule has 28 heavy (non-hydrogen) atoms. The summed E-state index contributed by atoms with van der Waals surface area (Å²) in [5.74, 6) is -2.16. The van der Waals surface area contributed by atoms with E-state index in [1.807, 2.05) is 0 Å². The van der Waals surface area contributed by atoms with Gasteiger partial charge >= 0.3 is 16.4 Å². The largest absolute Gasteiger partial charge is 0.478 e. The Hall–Kier alpha value is -1.40. The number of hydrogen-bond donors (Lipinski definition) is 7. The van der Waals surface area contributed by atoms with Crippen LogP contribution in [0, 0.1) is 0 Å². The molecule has 0 bridgehead atoms. The molecular weight excluding hydrogens is 410 g/mol. The molecular formula is C13H21NO13S. The molecule has 0 saturated carbocycles. The van der Waals surface area contributed by atoms with Crippen LogP contribution in [-0.4, -0.2) is 107 Å². The maximum atomic E-state index is 11.1. The smallest absolute Gasteiger partial charge is 0.397 e. The number of carbonyl (C=O) groups is 1. The number of aliphatic carboxylic acids is 1. The first-order valence-corrected chi connectivity index (χ1v) is 9.26. The lowest BCUT2D eigenvalue weighted by Gasteiger charge is -2.42. The van der Waals surface area contributed by atoms with Crippen LogP contribution in [0.15, 0.2) is 11.8 Å². The maximum Gasteiger partial charge on any atom is 0.397 e. The highest BCUT2D eigenvalue weighted by atomic mass is 32.3. The number of nitrogens with two attached hydrogens (primary N) is 1. The molecule has 0 aromatic rings. The van der Waals surface area contributed by atoms with Crippen LogP contribution >= 0.6 is 0 Å². The van der Waals surface area contributed by atoms with Crippen molar-refractivity contribution in [1.82, 2.24) is 0 Å². The van der Waals surface area contributed by atoms with Crippen molar-refractivity contribution >= 4 is 16.4 Å². The van der Waals surface area contributed by atoms with Crippen molar-refractivity contribution in [3.05, 3.63) is 11.8 Å². The van der Waals surface area contributed by atoms with Gasteiger partial charge in [0.2, 0.25) is 5.76 Å². The first-order valence-electron chi connectivity index (χ1n) is 7.89. The predicted molar refractivity (Wildman–Crippen MR) is 84.7 cm³/mol. The molecule has 0 radical (unpaired) electrons. The van der Waals surface area contributed by atoms with E-state index >= 15 is 0 Å². The van der Waals surface area contributed by atoms with Gasteiger partial charge in [-0.05, 0) is 6.08 Å². The quantitative estimate of drug-likeness (QED) is 0.189. The minimum absolute atomic E-state index is 0.628. The summed E-state index contributed by atoms with van der Waals surface area (Å²) in [5.41, 5.74) is 5.71. The standard InChI is InChI=1S/C13H21NO13S/c14-8-11(10(27-28(21,22)23)6(2-15)26-13(8)20)24-3-7-9(17)4(16)1-5(25-7)12(18)19/h1,4,6-11,13,15-17,20H,2-3,14H2,(H,18,19)(H,21,22,23)/t4-,6+,7-,8+,9+,10-,11+,13?/m0/s1. The molecule has 0 amide bonds. The third-order valence-electron chi connectivity index (χ3n) is 4.12. The van der Waals surface area contributed by atoms with Gasteiger partial charge in [0.15, 0.2) is 12.4 Å². The summed E-state index contributed by atoms with van der Waals surface area (Å²) in [6.07, 6.45) is -10.2. The Labute approximate surface area is 158 Å². The number of carboxylic acids is 1. The van der Waals surface area contributed by atoms with E-state index in [9.17, 15) is 33.6 Å². The van der Waals surface area contributed by atoms with Gasteiger partial charge in [0.25, 0.3) is 0 Å². The molecule has 0 aromatic carbocycles. The van der Waals surface area contributed by atoms with E-state index in [0.29, 0.717) is 0 Å². The topological polar surface area (TPSA) is 236 Å². The van der Waals surface area contributed by atoms with Crippen LogP contribution in [0.25, 0.3) is 0 Å². The van der Waals surface area contributed by atoms with Crippen molar-refractivity contribution in [1.29, 1.82) is 0 Å². The number of rotatable bonds is 7. The lowest BCUT2D eigenvalue weighted by atomic mass is 9.97. The summed E-state index contributed by atoms with van der Waals surface area (Å²) < 4.78 is 50.8. The minimum atomic E-state index is -5.04. The molecule has 2 aliphatic rings. The van der Waals surface area contributed by atoms with Gasteiger partial charge < -0.3 is 45.5 Å². The molecule has 14 nitrogen and oxygen atoms in total. The van der Waals surface area contributed by atoms with Crippen LogP contribution in [0.5, 0.6) is 0 Å². The average Bonchev–Trinajstić information content (AvgIpc) is 2.59. The Morgan fingerprint density at radius 1 is 1.21 bits per heavy atom. The highest BCUT2D eigenvalue weighted by molar-refractivity contribution is 7.80. The Balaban J connectivity index is 2.17. The van der Waals surface area contributed by atoms with Crippen LogP contribution in [0.3, 0.4) is 0 Å². The van der Waals surface area contributed by atoms with Gasteiger partial charge in [-0.2, -0.15) is 8.42 Å². The zero-order valence-electron chi connectivity index (χ0n) is 14.1. The van der Waals surface area contributed by atoms with Gasteiger partial charge in [0, 0.05) is 0 Å². The Bertz CT molecular complexity index is 697. The van der Waals surface area contributed by atoms with Crippen LogP contribution in [0.4, 0.5) is 0 Å². The molecule has 2 aliphatic heterocycles. The van der Waals surface area contributed by atoms with Crippen molar-refractivity contribution in [2.75, 3.05) is 13.2 Å². The zero-order valence-corrected chi connectivity index (χ0v) is 15.0. The van der Waals surface area contributed by atoms with Crippen molar-refractivity contribution in [2.24, 2.45) is 5.73 Å². The second-order valence-electron chi connectivity index (χ2n) is 6.09. The number of hydrogen-bond acceptors (Lipinski definition) is 12. The SMILES string of the molecule is N[C@H]1C(O)O[C@H](CO)[C@H](OS(=O)(=O)O)[C@@H]1OC[C@@H]1OC(C(=O)O)=C[C@H](O)[C@H]1O. The van der Waals surface area contributed by atoms with Crippen LogP contribution < -0.4 is 5.73 Å². The fourth-order valence-corrected chi connectivity index (χ4v) is 3.27. The Morgan fingerprint density at radius 2 is 1.86 bits per heavy atom. The van der Waals surface area contributed by atoms with Crippen molar-refractivity contribution in [3.8, 4) is 0 Å². The molecule has 8 atom stereocenters. The minimum Gasteiger partial charge on any atom is -0.478 e. The fraction of sp³-hybridized carbons (Fsp3) is 0.769. The monoisotopic (exact) mass is 431 g/mol. The predicted octanol–water partition coefficient (Wildman–Crippen LogP) is -4.31. The second kappa shape index (κ2) is 8.95. The Morgan fingerprint density at radius 3 is 2.39 bits per heavy atom. The first-order chi connectivity index (χ1) is 12.9. The van der Waals surface area contributed by atoms with Gasteiger partial charge in [0.1, 0.15) is 30.5 Å². The van der Waals surface area contributed by atoms with Gasteiger partial charge in [-0.3, -0.25) is 4.55 Å². The molecule has 0 aliphatic carbocycles. The highest BCUT2D eigenvalue weighted by Crippen LogP contribution is 2.26. The van der Waals surface area contributed by atoms with E-state index in [2.05, 4.69) is 4.18 Å². The molecule has 8 N–H and O–H groups in total. The maximum absolute atomic E-state index is 11.1. The molecule has 15 heteroatoms. The van der Waals surface area contributed by atoms with Gasteiger partial charge in [0.05, 0.1) is 19.3 Å². The molecule has 2 rings (SSSR count). The normalized spacial score (nSPS) is 39.1. The lowest BCUT2D eigenvalue weighted by Crippen LogP contribution is -2.64. The van der Waals surface area contributed by atoms with Crippen LogP contribution in [0.1, 0.15) is 0 Å². The van der Waals surface area contributed by atoms with Gasteiger partial charge in [-0.15, -0.1) is 0 Å². The van der Waals surface area contributed by atoms with E-state index in [4.69, 9.17) is 29.6 Å². The van der Waals surface area contributed by atoms with Crippen LogP contribution in [-0.2, 0) is 33.6 Å². The number of ether oxygens (including phenoxy) is 3. The molecule has 1 unspecified atom stereocenters. The summed E-state index contributed by atoms with van der Waals surface area (Å²) in [5, 5.41) is 47.7. The van der Waals surface area contributed by atoms with E-state index in [1.54, 1.807) is 0 Å². The molecule has 0 aromatic heterocycles. The molecule has 2 heterocycles. The molecule has 1 saturated heterocycles. The van der Waals surface area contributed by atoms with Gasteiger partial charge in [-0.1, -0.05) is 0 Å². The fourth-order valence-electron chi connectivity index (χ4n) is 2.76. The summed E-state index contributed by atoms with van der Waals surface area (Å²) in [7, 11) is -5.04. The third-order valence-corrected chi connectivity index (χ3v) is 4.59. The Kier molecular flexibility index (Phi) is 7.32. The lowest BCUT2D eigenvalue weighted by molar-refractivity contribution is -0.256.